The van der Waals surface area contributed by atoms with E-state index in [0.29, 0.717) is 0 Å². The van der Waals surface area contributed by atoms with Crippen molar-refractivity contribution >= 4 is 21.7 Å². The monoisotopic (exact) mass is 137 g/mol. The van der Waals surface area contributed by atoms with E-state index in [2.05, 4.69) is 14.6 Å². The maximum atomic E-state index is 3.94. The number of hydrogen-bond donors (Lipinski definition) is 0. The van der Waals surface area contributed by atoms with Gasteiger partial charge in [-0.1, -0.05) is 0 Å². The van der Waals surface area contributed by atoms with Crippen molar-refractivity contribution in [2.75, 3.05) is 0 Å². The third-order valence-electron chi connectivity index (χ3n) is 1.05. The molecule has 0 atom stereocenters. The van der Waals surface area contributed by atoms with Crippen molar-refractivity contribution in [2.24, 2.45) is 0 Å². The maximum absolute atomic E-state index is 3.94. The summed E-state index contributed by atoms with van der Waals surface area (Å²) in [7, 11) is 0. The minimum absolute atomic E-state index is 0.900. The Labute approximate surface area is 55.5 Å². The van der Waals surface area contributed by atoms with Crippen LogP contribution in [0.25, 0.3) is 10.2 Å². The molecule has 4 heteroatoms. The van der Waals surface area contributed by atoms with Gasteiger partial charge in [0.05, 0.1) is 12.4 Å². The minimum Gasteiger partial charge on any atom is -0.198 e. The van der Waals surface area contributed by atoms with Gasteiger partial charge < -0.3 is 0 Å². The molecule has 44 valence electrons. The van der Waals surface area contributed by atoms with E-state index in [1.54, 1.807) is 12.4 Å². The molecule has 0 aliphatic rings. The van der Waals surface area contributed by atoms with E-state index in [9.17, 15) is 0 Å². The summed E-state index contributed by atoms with van der Waals surface area (Å²) in [6.45, 7) is 0. The Bertz CT molecular complexity index is 286. The molecule has 0 saturated carbocycles. The van der Waals surface area contributed by atoms with Crippen LogP contribution in [-0.2, 0) is 0 Å². The topological polar surface area (TPSA) is 38.7 Å². The lowest BCUT2D eigenvalue weighted by Crippen LogP contribution is -1.73. The van der Waals surface area contributed by atoms with Crippen molar-refractivity contribution in [2.45, 2.75) is 0 Å². The Hall–Kier alpha value is -1.03. The molecule has 2 rings (SSSR count). The van der Waals surface area contributed by atoms with E-state index in [1.165, 1.54) is 11.5 Å². The molecule has 0 amide bonds. The van der Waals surface area contributed by atoms with Crippen molar-refractivity contribution < 1.29 is 0 Å². The van der Waals surface area contributed by atoms with E-state index in [-0.39, 0.29) is 0 Å². The Balaban J connectivity index is 2.95. The summed E-state index contributed by atoms with van der Waals surface area (Å²) in [6.07, 6.45) is 3.45. The van der Waals surface area contributed by atoms with Crippen LogP contribution in [0.5, 0.6) is 0 Å². The van der Waals surface area contributed by atoms with Crippen molar-refractivity contribution in [1.82, 2.24) is 14.6 Å². The zero-order valence-electron chi connectivity index (χ0n) is 4.48. The van der Waals surface area contributed by atoms with E-state index in [0.717, 1.165) is 10.2 Å². The molecule has 3 nitrogen and oxygen atoms in total. The molecule has 0 aliphatic heterocycles. The van der Waals surface area contributed by atoms with Gasteiger partial charge in [-0.3, -0.25) is 0 Å². The van der Waals surface area contributed by atoms with Crippen LogP contribution in [0.2, 0.25) is 0 Å². The van der Waals surface area contributed by atoms with Crippen LogP contribution >= 0.6 is 11.5 Å². The molecular formula is C5H3N3S. The fourth-order valence-electron chi connectivity index (χ4n) is 0.631. The lowest BCUT2D eigenvalue weighted by molar-refractivity contribution is 1.09. The molecule has 0 radical (unpaired) electrons. The fraction of sp³-hybridized carbons (Fsp3) is 0. The molecule has 0 saturated heterocycles. The largest absolute Gasteiger partial charge is 0.198 e. The Kier molecular flexibility index (Phi) is 0.927. The highest BCUT2D eigenvalue weighted by Gasteiger charge is 1.92. The standard InChI is InChI=1S/C5H3N3S/c1-2-6-8-5-4(1)3-7-9-5/h1-3H. The molecule has 0 spiro atoms. The highest BCUT2D eigenvalue weighted by atomic mass is 32.1. The van der Waals surface area contributed by atoms with Gasteiger partial charge >= 0.3 is 0 Å². The highest BCUT2D eigenvalue weighted by molar-refractivity contribution is 7.12. The molecule has 2 aromatic heterocycles. The van der Waals surface area contributed by atoms with Gasteiger partial charge in [0.2, 0.25) is 0 Å². The van der Waals surface area contributed by atoms with Crippen molar-refractivity contribution in [3.05, 3.63) is 18.5 Å². The summed E-state index contributed by atoms with van der Waals surface area (Å²) in [5, 5.41) is 8.62. The van der Waals surface area contributed by atoms with Crippen LogP contribution in [0.15, 0.2) is 18.5 Å². The summed E-state index contributed by atoms with van der Waals surface area (Å²) >= 11 is 1.36. The molecule has 0 bridgehead atoms. The minimum atomic E-state index is 0.900. The Morgan fingerprint density at radius 1 is 1.44 bits per heavy atom. The number of rotatable bonds is 0. The number of hydrogen-bond acceptors (Lipinski definition) is 4. The first-order chi connectivity index (χ1) is 4.47. The third kappa shape index (κ3) is 0.675. The van der Waals surface area contributed by atoms with Crippen LogP contribution in [0.3, 0.4) is 0 Å². The third-order valence-corrected chi connectivity index (χ3v) is 1.75. The Morgan fingerprint density at radius 2 is 2.44 bits per heavy atom. The van der Waals surface area contributed by atoms with Crippen LogP contribution in [0, 0.1) is 0 Å². The summed E-state index contributed by atoms with van der Waals surface area (Å²) in [6, 6.07) is 1.89. The van der Waals surface area contributed by atoms with Crippen LogP contribution in [0.1, 0.15) is 0 Å². The smallest absolute Gasteiger partial charge is 0.165 e. The zero-order valence-corrected chi connectivity index (χ0v) is 5.30. The van der Waals surface area contributed by atoms with Gasteiger partial charge in [-0.15, -0.1) is 5.10 Å². The normalized spacial score (nSPS) is 10.2. The molecule has 9 heavy (non-hydrogen) atoms. The Morgan fingerprint density at radius 3 is 3.33 bits per heavy atom. The molecular weight excluding hydrogens is 134 g/mol. The molecule has 0 unspecified atom stereocenters. The first-order valence-electron chi connectivity index (χ1n) is 2.49. The van der Waals surface area contributed by atoms with Crippen molar-refractivity contribution in [1.29, 1.82) is 0 Å². The summed E-state index contributed by atoms with van der Waals surface area (Å²) < 4.78 is 3.94. The van der Waals surface area contributed by atoms with Crippen LogP contribution in [-0.4, -0.2) is 14.6 Å². The first-order valence-corrected chi connectivity index (χ1v) is 3.26. The fourth-order valence-corrected chi connectivity index (χ4v) is 1.21. The van der Waals surface area contributed by atoms with Crippen molar-refractivity contribution in [3.8, 4) is 0 Å². The van der Waals surface area contributed by atoms with Gasteiger partial charge in [-0.2, -0.15) is 9.47 Å². The SMILES string of the molecule is c1cc2cnsc2nn1. The van der Waals surface area contributed by atoms with Crippen molar-refractivity contribution in [3.63, 3.8) is 0 Å². The molecule has 0 aromatic carbocycles. The predicted molar refractivity (Wildman–Crippen MR) is 35.2 cm³/mol. The van der Waals surface area contributed by atoms with E-state index in [4.69, 9.17) is 0 Å². The van der Waals surface area contributed by atoms with E-state index >= 15 is 0 Å². The van der Waals surface area contributed by atoms with Crippen LogP contribution in [0.4, 0.5) is 0 Å². The second-order valence-corrected chi connectivity index (χ2v) is 2.40. The van der Waals surface area contributed by atoms with Gasteiger partial charge in [0.25, 0.3) is 0 Å². The summed E-state index contributed by atoms with van der Waals surface area (Å²) in [4.78, 5) is 0.900. The second kappa shape index (κ2) is 1.73. The number of nitrogens with zero attached hydrogens (tertiary/aromatic N) is 3. The predicted octanol–water partition coefficient (Wildman–Crippen LogP) is 1.09. The van der Waals surface area contributed by atoms with Gasteiger partial charge in [0.15, 0.2) is 4.83 Å². The highest BCUT2D eigenvalue weighted by Crippen LogP contribution is 2.11. The second-order valence-electron chi connectivity index (χ2n) is 1.62. The first kappa shape index (κ1) is 4.81. The van der Waals surface area contributed by atoms with Gasteiger partial charge in [-0.25, -0.2) is 0 Å². The lowest BCUT2D eigenvalue weighted by atomic mass is 10.4. The van der Waals surface area contributed by atoms with E-state index < -0.39 is 0 Å². The molecule has 0 aliphatic carbocycles. The lowest BCUT2D eigenvalue weighted by Gasteiger charge is -1.78. The quantitative estimate of drug-likeness (QED) is 0.545. The van der Waals surface area contributed by atoms with Gasteiger partial charge in [0, 0.05) is 5.39 Å². The average Bonchev–Trinajstić information content (AvgIpc) is 2.33. The van der Waals surface area contributed by atoms with Gasteiger partial charge in [-0.05, 0) is 17.6 Å². The zero-order chi connectivity index (χ0) is 6.10. The number of fused-ring (bicyclic) bond motifs is 1. The van der Waals surface area contributed by atoms with Crippen LogP contribution < -0.4 is 0 Å². The summed E-state index contributed by atoms with van der Waals surface area (Å²) in [5.41, 5.74) is 0. The molecule has 0 N–H and O–H groups in total. The number of aromatic nitrogens is 3. The average molecular weight is 137 g/mol. The molecule has 0 fully saturated rings. The van der Waals surface area contributed by atoms with E-state index in [1.807, 2.05) is 6.07 Å². The summed E-state index contributed by atoms with van der Waals surface area (Å²) in [5.74, 6) is 0. The molecule has 2 heterocycles. The molecule has 2 aromatic rings. The van der Waals surface area contributed by atoms with Gasteiger partial charge in [0.1, 0.15) is 0 Å². The maximum Gasteiger partial charge on any atom is 0.165 e.